The summed E-state index contributed by atoms with van der Waals surface area (Å²) in [5.74, 6) is 0.931. The van der Waals surface area contributed by atoms with Gasteiger partial charge in [0, 0.05) is 29.2 Å². The average molecular weight is 283 g/mol. The van der Waals surface area contributed by atoms with Crippen LogP contribution >= 0.6 is 11.8 Å². The molecule has 1 aromatic carbocycles. The predicted octanol–water partition coefficient (Wildman–Crippen LogP) is 2.17. The van der Waals surface area contributed by atoms with Crippen molar-refractivity contribution >= 4 is 11.8 Å². The van der Waals surface area contributed by atoms with Crippen molar-refractivity contribution < 1.29 is 13.3 Å². The molecule has 2 unspecified atom stereocenters. The number of benzene rings is 1. The molecule has 0 bridgehead atoms. The van der Waals surface area contributed by atoms with Gasteiger partial charge >= 0.3 is 0 Å². The van der Waals surface area contributed by atoms with Crippen LogP contribution in [0.15, 0.2) is 22.7 Å². The summed E-state index contributed by atoms with van der Waals surface area (Å²) < 4.78 is 31.4. The summed E-state index contributed by atoms with van der Waals surface area (Å²) in [6.45, 7) is 0. The third-order valence-corrected chi connectivity index (χ3v) is 4.22. The molecule has 2 N–H and O–H groups in total. The summed E-state index contributed by atoms with van der Waals surface area (Å²) >= 11 is 1.72. The molecule has 1 aliphatic heterocycles. The molecule has 7 heteroatoms. The lowest BCUT2D eigenvalue weighted by molar-refractivity contribution is 0.352. The average Bonchev–Trinajstić information content (AvgIpc) is 2.95. The van der Waals surface area contributed by atoms with Crippen molar-refractivity contribution in [2.24, 2.45) is 5.73 Å². The molecule has 1 saturated heterocycles. The van der Waals surface area contributed by atoms with Crippen LogP contribution in [-0.4, -0.2) is 27.7 Å². The molecule has 1 aliphatic rings. The second kappa shape index (κ2) is 4.90. The van der Waals surface area contributed by atoms with Gasteiger partial charge in [0.25, 0.3) is 0 Å². The van der Waals surface area contributed by atoms with E-state index in [4.69, 9.17) is 10.3 Å². The lowest BCUT2D eigenvalue weighted by Gasteiger charge is -2.07. The third kappa shape index (κ3) is 2.48. The first-order valence-electron chi connectivity index (χ1n) is 5.77. The van der Waals surface area contributed by atoms with Crippen LogP contribution in [0.4, 0.5) is 8.78 Å². The zero-order valence-corrected chi connectivity index (χ0v) is 10.7. The number of rotatable bonds is 2. The molecule has 0 aliphatic carbocycles. The van der Waals surface area contributed by atoms with Gasteiger partial charge in [-0.25, -0.2) is 8.78 Å². The minimum Gasteiger partial charge on any atom is -0.339 e. The predicted molar refractivity (Wildman–Crippen MR) is 67.7 cm³/mol. The standard InChI is InChI=1S/C12H11F2N3OS/c13-7-1-6(2-8(14)3-7)11-16-12(18-17-11)9-4-19-5-10(9)15/h1-3,9-10H,4-5,15H2. The first-order chi connectivity index (χ1) is 9.13. The Morgan fingerprint density at radius 2 is 1.95 bits per heavy atom. The van der Waals surface area contributed by atoms with Gasteiger partial charge in [0.15, 0.2) is 0 Å². The van der Waals surface area contributed by atoms with Crippen molar-refractivity contribution in [3.63, 3.8) is 0 Å². The van der Waals surface area contributed by atoms with E-state index in [0.717, 1.165) is 17.6 Å². The molecule has 0 spiro atoms. The van der Waals surface area contributed by atoms with Gasteiger partial charge < -0.3 is 10.3 Å². The molecule has 0 radical (unpaired) electrons. The largest absolute Gasteiger partial charge is 0.339 e. The van der Waals surface area contributed by atoms with E-state index in [1.54, 1.807) is 11.8 Å². The van der Waals surface area contributed by atoms with Crippen LogP contribution in [0.25, 0.3) is 11.4 Å². The first kappa shape index (κ1) is 12.6. The van der Waals surface area contributed by atoms with Crippen LogP contribution in [0.5, 0.6) is 0 Å². The molecule has 1 fully saturated rings. The minimum absolute atomic E-state index is 0.00431. The van der Waals surface area contributed by atoms with Crippen LogP contribution in [0.3, 0.4) is 0 Å². The zero-order valence-electron chi connectivity index (χ0n) is 9.85. The van der Waals surface area contributed by atoms with Crippen molar-refractivity contribution in [2.75, 3.05) is 11.5 Å². The molecular formula is C12H11F2N3OS. The Kier molecular flexibility index (Phi) is 3.24. The highest BCUT2D eigenvalue weighted by molar-refractivity contribution is 7.99. The minimum atomic E-state index is -0.672. The molecule has 0 saturated carbocycles. The molecule has 2 atom stereocenters. The van der Waals surface area contributed by atoms with E-state index >= 15 is 0 Å². The maximum atomic E-state index is 13.1. The molecule has 3 rings (SSSR count). The number of nitrogens with zero attached hydrogens (tertiary/aromatic N) is 2. The van der Waals surface area contributed by atoms with E-state index in [9.17, 15) is 8.78 Å². The zero-order chi connectivity index (χ0) is 13.4. The van der Waals surface area contributed by atoms with Gasteiger partial charge in [-0.2, -0.15) is 16.7 Å². The Labute approximate surface area is 112 Å². The number of halogens is 2. The lowest BCUT2D eigenvalue weighted by atomic mass is 10.1. The van der Waals surface area contributed by atoms with Gasteiger partial charge in [-0.1, -0.05) is 5.16 Å². The molecule has 1 aromatic heterocycles. The molecular weight excluding hydrogens is 272 g/mol. The van der Waals surface area contributed by atoms with E-state index in [2.05, 4.69) is 10.1 Å². The van der Waals surface area contributed by atoms with Crippen molar-refractivity contribution in [3.8, 4) is 11.4 Å². The maximum Gasteiger partial charge on any atom is 0.232 e. The Bertz CT molecular complexity index is 584. The number of hydrogen-bond donors (Lipinski definition) is 1. The highest BCUT2D eigenvalue weighted by atomic mass is 32.2. The highest BCUT2D eigenvalue weighted by Crippen LogP contribution is 2.31. The van der Waals surface area contributed by atoms with Crippen LogP contribution in [0.1, 0.15) is 11.8 Å². The molecule has 0 amide bonds. The Morgan fingerprint density at radius 3 is 2.58 bits per heavy atom. The van der Waals surface area contributed by atoms with Gasteiger partial charge in [-0.15, -0.1) is 0 Å². The van der Waals surface area contributed by atoms with Crippen LogP contribution < -0.4 is 5.73 Å². The van der Waals surface area contributed by atoms with E-state index in [0.29, 0.717) is 5.89 Å². The fourth-order valence-electron chi connectivity index (χ4n) is 2.01. The first-order valence-corrected chi connectivity index (χ1v) is 6.92. The second-order valence-corrected chi connectivity index (χ2v) is 5.50. The third-order valence-electron chi connectivity index (χ3n) is 3.00. The van der Waals surface area contributed by atoms with Crippen molar-refractivity contribution in [1.29, 1.82) is 0 Å². The summed E-state index contributed by atoms with van der Waals surface area (Å²) in [6.07, 6.45) is 0. The summed E-state index contributed by atoms with van der Waals surface area (Å²) in [7, 11) is 0. The molecule has 2 aromatic rings. The normalized spacial score (nSPS) is 22.9. The number of hydrogen-bond acceptors (Lipinski definition) is 5. The van der Waals surface area contributed by atoms with Crippen molar-refractivity contribution in [3.05, 3.63) is 35.7 Å². The highest BCUT2D eigenvalue weighted by Gasteiger charge is 2.31. The molecule has 4 nitrogen and oxygen atoms in total. The molecule has 19 heavy (non-hydrogen) atoms. The molecule has 2 heterocycles. The van der Waals surface area contributed by atoms with Gasteiger partial charge in [-0.05, 0) is 12.1 Å². The van der Waals surface area contributed by atoms with Gasteiger partial charge in [-0.3, -0.25) is 0 Å². The Hall–Kier alpha value is -1.47. The number of nitrogens with two attached hydrogens (primary N) is 1. The Morgan fingerprint density at radius 1 is 1.21 bits per heavy atom. The van der Waals surface area contributed by atoms with Gasteiger partial charge in [0.1, 0.15) is 11.6 Å². The number of aromatic nitrogens is 2. The van der Waals surface area contributed by atoms with E-state index in [1.807, 2.05) is 0 Å². The van der Waals surface area contributed by atoms with Crippen LogP contribution in [0.2, 0.25) is 0 Å². The van der Waals surface area contributed by atoms with Crippen molar-refractivity contribution in [2.45, 2.75) is 12.0 Å². The summed E-state index contributed by atoms with van der Waals surface area (Å²) in [6, 6.07) is 3.11. The Balaban J connectivity index is 1.92. The smallest absolute Gasteiger partial charge is 0.232 e. The second-order valence-electron chi connectivity index (χ2n) is 4.42. The van der Waals surface area contributed by atoms with Gasteiger partial charge in [0.2, 0.25) is 11.7 Å². The number of thioether (sulfide) groups is 1. The van der Waals surface area contributed by atoms with Gasteiger partial charge in [0.05, 0.1) is 5.92 Å². The quantitative estimate of drug-likeness (QED) is 0.915. The van der Waals surface area contributed by atoms with Crippen LogP contribution in [0, 0.1) is 11.6 Å². The van der Waals surface area contributed by atoms with E-state index in [1.165, 1.54) is 12.1 Å². The topological polar surface area (TPSA) is 64.9 Å². The van der Waals surface area contributed by atoms with E-state index in [-0.39, 0.29) is 23.3 Å². The lowest BCUT2D eigenvalue weighted by Crippen LogP contribution is -2.26. The fraction of sp³-hybridized carbons (Fsp3) is 0.333. The fourth-order valence-corrected chi connectivity index (χ4v) is 3.30. The molecule has 100 valence electrons. The summed E-state index contributed by atoms with van der Waals surface area (Å²) in [5, 5.41) is 3.76. The SMILES string of the molecule is NC1CSCC1c1nc(-c2cc(F)cc(F)c2)no1. The summed E-state index contributed by atoms with van der Waals surface area (Å²) in [4.78, 5) is 4.19. The maximum absolute atomic E-state index is 13.1. The monoisotopic (exact) mass is 283 g/mol. The van der Waals surface area contributed by atoms with Crippen LogP contribution in [-0.2, 0) is 0 Å². The van der Waals surface area contributed by atoms with Crippen molar-refractivity contribution in [1.82, 2.24) is 10.1 Å². The summed E-state index contributed by atoms with van der Waals surface area (Å²) in [5.41, 5.74) is 6.19. The van der Waals surface area contributed by atoms with E-state index < -0.39 is 11.6 Å².